The number of amides is 2. The standard InChI is InChI=1S/C24H26N2O5/c27-22(26-16-10-9-15(11-16)12-23(28)29)13-25-24(30)31-14-21-19-7-3-1-5-17(19)18-6-2-4-8-20(18)21/h1-8,15-16,21H,9-14H2,(H,25,30)(H,26,27)(H,28,29)/t15-,16+/m0/s1. The zero-order valence-corrected chi connectivity index (χ0v) is 17.2. The first-order valence-corrected chi connectivity index (χ1v) is 10.6. The normalized spacial score (nSPS) is 19.4. The Balaban J connectivity index is 1.24. The van der Waals surface area contributed by atoms with E-state index in [-0.39, 0.29) is 43.4 Å². The molecule has 0 aromatic heterocycles. The number of benzene rings is 2. The van der Waals surface area contributed by atoms with Gasteiger partial charge in [0.1, 0.15) is 13.2 Å². The second kappa shape index (κ2) is 9.20. The van der Waals surface area contributed by atoms with E-state index in [1.807, 2.05) is 36.4 Å². The van der Waals surface area contributed by atoms with Crippen molar-refractivity contribution in [3.63, 3.8) is 0 Å². The van der Waals surface area contributed by atoms with Gasteiger partial charge in [-0.25, -0.2) is 4.79 Å². The maximum atomic E-state index is 12.2. The Morgan fingerprint density at radius 1 is 0.968 bits per heavy atom. The minimum Gasteiger partial charge on any atom is -0.481 e. The van der Waals surface area contributed by atoms with Gasteiger partial charge in [-0.2, -0.15) is 0 Å². The molecule has 162 valence electrons. The molecule has 2 aliphatic rings. The third kappa shape index (κ3) is 4.87. The molecule has 2 aromatic rings. The van der Waals surface area contributed by atoms with E-state index in [1.165, 1.54) is 0 Å². The van der Waals surface area contributed by atoms with E-state index in [1.54, 1.807) is 0 Å². The van der Waals surface area contributed by atoms with Crippen LogP contribution in [0, 0.1) is 5.92 Å². The van der Waals surface area contributed by atoms with Crippen LogP contribution in [0.2, 0.25) is 0 Å². The number of carbonyl (C=O) groups is 3. The van der Waals surface area contributed by atoms with Crippen LogP contribution >= 0.6 is 0 Å². The largest absolute Gasteiger partial charge is 0.481 e. The summed E-state index contributed by atoms with van der Waals surface area (Å²) < 4.78 is 5.43. The number of nitrogens with one attached hydrogen (secondary N) is 2. The second-order valence-corrected chi connectivity index (χ2v) is 8.22. The third-order valence-electron chi connectivity index (χ3n) is 6.11. The van der Waals surface area contributed by atoms with Gasteiger partial charge in [-0.1, -0.05) is 48.5 Å². The van der Waals surface area contributed by atoms with Crippen LogP contribution in [-0.2, 0) is 14.3 Å². The van der Waals surface area contributed by atoms with Crippen LogP contribution in [0.25, 0.3) is 11.1 Å². The van der Waals surface area contributed by atoms with E-state index < -0.39 is 12.1 Å². The number of rotatable bonds is 7. The Hall–Kier alpha value is -3.35. The van der Waals surface area contributed by atoms with Crippen molar-refractivity contribution in [2.24, 2.45) is 5.92 Å². The smallest absolute Gasteiger partial charge is 0.407 e. The van der Waals surface area contributed by atoms with Gasteiger partial charge >= 0.3 is 12.1 Å². The maximum absolute atomic E-state index is 12.2. The van der Waals surface area contributed by atoms with Gasteiger partial charge in [0.15, 0.2) is 0 Å². The lowest BCUT2D eigenvalue weighted by atomic mass is 9.98. The predicted molar refractivity (Wildman–Crippen MR) is 115 cm³/mol. The number of carboxylic acid groups (broad SMARTS) is 1. The molecule has 0 heterocycles. The van der Waals surface area contributed by atoms with Crippen LogP contribution in [0.1, 0.15) is 42.7 Å². The molecule has 2 aliphatic carbocycles. The summed E-state index contributed by atoms with van der Waals surface area (Å²) in [5, 5.41) is 14.2. The number of hydrogen-bond acceptors (Lipinski definition) is 4. The van der Waals surface area contributed by atoms with Crippen molar-refractivity contribution >= 4 is 18.0 Å². The summed E-state index contributed by atoms with van der Waals surface area (Å²) in [7, 11) is 0. The molecule has 31 heavy (non-hydrogen) atoms. The lowest BCUT2D eigenvalue weighted by Gasteiger charge is -2.15. The average Bonchev–Trinajstić information content (AvgIpc) is 3.32. The number of ether oxygens (including phenoxy) is 1. The van der Waals surface area contributed by atoms with Gasteiger partial charge in [0.25, 0.3) is 0 Å². The van der Waals surface area contributed by atoms with Gasteiger partial charge < -0.3 is 20.5 Å². The summed E-state index contributed by atoms with van der Waals surface area (Å²) in [6, 6.07) is 16.2. The fourth-order valence-corrected chi connectivity index (χ4v) is 4.72. The first-order chi connectivity index (χ1) is 15.0. The average molecular weight is 422 g/mol. The van der Waals surface area contributed by atoms with Crippen molar-refractivity contribution in [3.8, 4) is 11.1 Å². The summed E-state index contributed by atoms with van der Waals surface area (Å²) in [6.07, 6.45) is 1.70. The van der Waals surface area contributed by atoms with E-state index in [0.29, 0.717) is 6.42 Å². The van der Waals surface area contributed by atoms with Crippen molar-refractivity contribution in [2.45, 2.75) is 37.6 Å². The van der Waals surface area contributed by atoms with Crippen LogP contribution in [0.3, 0.4) is 0 Å². The maximum Gasteiger partial charge on any atom is 0.407 e. The molecule has 1 saturated carbocycles. The van der Waals surface area contributed by atoms with Gasteiger partial charge in [0.05, 0.1) is 0 Å². The fraction of sp³-hybridized carbons (Fsp3) is 0.375. The Morgan fingerprint density at radius 2 is 1.61 bits per heavy atom. The monoisotopic (exact) mass is 422 g/mol. The van der Waals surface area contributed by atoms with Gasteiger partial charge in [-0.3, -0.25) is 9.59 Å². The minimum atomic E-state index is -0.811. The summed E-state index contributed by atoms with van der Waals surface area (Å²) >= 11 is 0. The molecule has 2 atom stereocenters. The highest BCUT2D eigenvalue weighted by molar-refractivity contribution is 5.82. The highest BCUT2D eigenvalue weighted by atomic mass is 16.5. The summed E-state index contributed by atoms with van der Waals surface area (Å²) in [6.45, 7) is 0.0255. The molecular weight excluding hydrogens is 396 g/mol. The number of hydrogen-bond donors (Lipinski definition) is 3. The van der Waals surface area contributed by atoms with Crippen molar-refractivity contribution in [1.82, 2.24) is 10.6 Å². The number of fused-ring (bicyclic) bond motifs is 3. The predicted octanol–water partition coefficient (Wildman–Crippen LogP) is 3.28. The molecule has 3 N–H and O–H groups in total. The minimum absolute atomic E-state index is 0.0309. The molecule has 2 amide bonds. The quantitative estimate of drug-likeness (QED) is 0.635. The number of carboxylic acids is 1. The molecule has 4 rings (SSSR count). The molecule has 0 bridgehead atoms. The molecule has 0 radical (unpaired) electrons. The highest BCUT2D eigenvalue weighted by Crippen LogP contribution is 2.44. The number of aliphatic carboxylic acids is 1. The molecule has 1 fully saturated rings. The van der Waals surface area contributed by atoms with E-state index in [2.05, 4.69) is 22.8 Å². The molecule has 7 heteroatoms. The van der Waals surface area contributed by atoms with Crippen LogP contribution in [0.15, 0.2) is 48.5 Å². The van der Waals surface area contributed by atoms with Crippen LogP contribution < -0.4 is 10.6 Å². The van der Waals surface area contributed by atoms with Gasteiger partial charge in [0, 0.05) is 18.4 Å². The highest BCUT2D eigenvalue weighted by Gasteiger charge is 2.29. The van der Waals surface area contributed by atoms with Crippen LogP contribution in [-0.4, -0.2) is 42.3 Å². The van der Waals surface area contributed by atoms with E-state index in [4.69, 9.17) is 9.84 Å². The van der Waals surface area contributed by atoms with Crippen LogP contribution in [0.4, 0.5) is 4.79 Å². The topological polar surface area (TPSA) is 105 Å². The van der Waals surface area contributed by atoms with Gasteiger partial charge in [-0.05, 0) is 47.4 Å². The van der Waals surface area contributed by atoms with Gasteiger partial charge in [0.2, 0.25) is 5.91 Å². The molecule has 7 nitrogen and oxygen atoms in total. The fourth-order valence-electron chi connectivity index (χ4n) is 4.72. The zero-order valence-electron chi connectivity index (χ0n) is 17.2. The van der Waals surface area contributed by atoms with E-state index in [9.17, 15) is 14.4 Å². The Bertz CT molecular complexity index is 944. The van der Waals surface area contributed by atoms with Crippen molar-refractivity contribution in [2.75, 3.05) is 13.2 Å². The molecule has 0 aliphatic heterocycles. The number of carbonyl (C=O) groups excluding carboxylic acids is 2. The zero-order chi connectivity index (χ0) is 21.8. The lowest BCUT2D eigenvalue weighted by Crippen LogP contribution is -2.41. The molecule has 0 spiro atoms. The number of alkyl carbamates (subject to hydrolysis) is 1. The molecule has 2 aromatic carbocycles. The Labute approximate surface area is 180 Å². The molecule has 0 saturated heterocycles. The summed E-state index contributed by atoms with van der Waals surface area (Å²) in [4.78, 5) is 35.1. The van der Waals surface area contributed by atoms with Gasteiger partial charge in [-0.15, -0.1) is 0 Å². The van der Waals surface area contributed by atoms with E-state index >= 15 is 0 Å². The third-order valence-corrected chi connectivity index (χ3v) is 6.11. The second-order valence-electron chi connectivity index (χ2n) is 8.22. The summed E-state index contributed by atoms with van der Waals surface area (Å²) in [5.74, 6) is -1.04. The first kappa shape index (κ1) is 20.9. The Kier molecular flexibility index (Phi) is 6.21. The van der Waals surface area contributed by atoms with E-state index in [0.717, 1.165) is 35.1 Å². The molecule has 0 unspecified atom stereocenters. The van der Waals surface area contributed by atoms with Crippen molar-refractivity contribution < 1.29 is 24.2 Å². The van der Waals surface area contributed by atoms with Crippen LogP contribution in [0.5, 0.6) is 0 Å². The van der Waals surface area contributed by atoms with Crippen molar-refractivity contribution in [3.05, 3.63) is 59.7 Å². The lowest BCUT2D eigenvalue weighted by molar-refractivity contribution is -0.138. The van der Waals surface area contributed by atoms with Crippen molar-refractivity contribution in [1.29, 1.82) is 0 Å². The molecular formula is C24H26N2O5. The Morgan fingerprint density at radius 3 is 2.26 bits per heavy atom. The summed E-state index contributed by atoms with van der Waals surface area (Å²) in [5.41, 5.74) is 4.58. The first-order valence-electron chi connectivity index (χ1n) is 10.6. The SMILES string of the molecule is O=C(O)C[C@H]1CC[C@@H](NC(=O)CNC(=O)OCC2c3ccccc3-c3ccccc32)C1.